The van der Waals surface area contributed by atoms with Crippen molar-refractivity contribution in [3.63, 3.8) is 0 Å². The number of allylic oxidation sites excluding steroid dienone is 1. The smallest absolute Gasteiger partial charge is 0.178 e. The summed E-state index contributed by atoms with van der Waals surface area (Å²) < 4.78 is 25.7. The molecule has 7 heteroatoms. The zero-order chi connectivity index (χ0) is 24.2. The van der Waals surface area contributed by atoms with Crippen LogP contribution in [0.1, 0.15) is 31.9 Å². The summed E-state index contributed by atoms with van der Waals surface area (Å²) in [6, 6.07) is 13.6. The molecular formula is C26H26FN3O3. The zero-order valence-corrected chi connectivity index (χ0v) is 19.3. The molecule has 33 heavy (non-hydrogen) atoms. The van der Waals surface area contributed by atoms with E-state index in [2.05, 4.69) is 0 Å². The summed E-state index contributed by atoms with van der Waals surface area (Å²) >= 11 is 0. The first-order chi connectivity index (χ1) is 15.7. The third kappa shape index (κ3) is 5.47. The number of carbonyl (C=O) groups is 1. The van der Waals surface area contributed by atoms with Gasteiger partial charge in [0.2, 0.25) is 0 Å². The predicted octanol–water partition coefficient (Wildman–Crippen LogP) is 5.28. The van der Waals surface area contributed by atoms with E-state index < -0.39 is 5.41 Å². The number of benzene rings is 2. The summed E-state index contributed by atoms with van der Waals surface area (Å²) in [6.45, 7) is 5.71. The highest BCUT2D eigenvalue weighted by molar-refractivity contribution is 6.06. The Morgan fingerprint density at radius 2 is 1.79 bits per heavy atom. The van der Waals surface area contributed by atoms with E-state index in [1.807, 2.05) is 12.1 Å². The molecule has 0 atom stereocenters. The number of methoxy groups -OCH3 is 2. The minimum absolute atomic E-state index is 0.0468. The van der Waals surface area contributed by atoms with Crippen molar-refractivity contribution in [2.45, 2.75) is 27.3 Å². The summed E-state index contributed by atoms with van der Waals surface area (Å²) in [5.41, 5.74) is 2.13. The lowest BCUT2D eigenvalue weighted by Gasteiger charge is -2.15. The van der Waals surface area contributed by atoms with E-state index in [1.165, 1.54) is 12.1 Å². The Hall–Kier alpha value is -3.92. The van der Waals surface area contributed by atoms with Crippen molar-refractivity contribution >= 4 is 11.9 Å². The van der Waals surface area contributed by atoms with Crippen molar-refractivity contribution < 1.29 is 18.7 Å². The van der Waals surface area contributed by atoms with Crippen LogP contribution in [0.15, 0.2) is 54.2 Å². The highest BCUT2D eigenvalue weighted by atomic mass is 19.1. The van der Waals surface area contributed by atoms with Crippen molar-refractivity contribution in [2.75, 3.05) is 14.2 Å². The first kappa shape index (κ1) is 23.7. The maximum absolute atomic E-state index is 13.3. The Morgan fingerprint density at radius 3 is 2.36 bits per heavy atom. The number of nitriles is 1. The van der Waals surface area contributed by atoms with E-state index in [0.29, 0.717) is 29.3 Å². The summed E-state index contributed by atoms with van der Waals surface area (Å²) in [5, 5.41) is 14.4. The summed E-state index contributed by atoms with van der Waals surface area (Å²) in [4.78, 5) is 12.8. The topological polar surface area (TPSA) is 77.1 Å². The van der Waals surface area contributed by atoms with Crippen molar-refractivity contribution in [1.29, 1.82) is 5.26 Å². The molecule has 0 radical (unpaired) electrons. The van der Waals surface area contributed by atoms with Gasteiger partial charge in [-0.2, -0.15) is 10.4 Å². The molecule has 0 N–H and O–H groups in total. The summed E-state index contributed by atoms with van der Waals surface area (Å²) in [5.74, 6) is 0.539. The van der Waals surface area contributed by atoms with Crippen LogP contribution in [0.4, 0.5) is 4.39 Å². The highest BCUT2D eigenvalue weighted by Crippen LogP contribution is 2.34. The van der Waals surface area contributed by atoms with Gasteiger partial charge in [0.1, 0.15) is 11.9 Å². The van der Waals surface area contributed by atoms with Crippen molar-refractivity contribution in [1.82, 2.24) is 9.78 Å². The molecule has 6 nitrogen and oxygen atoms in total. The molecule has 1 heterocycles. The van der Waals surface area contributed by atoms with Gasteiger partial charge in [-0.1, -0.05) is 32.9 Å². The van der Waals surface area contributed by atoms with Gasteiger partial charge in [-0.25, -0.2) is 4.39 Å². The van der Waals surface area contributed by atoms with Crippen molar-refractivity contribution in [2.24, 2.45) is 5.41 Å². The average molecular weight is 448 g/mol. The van der Waals surface area contributed by atoms with Crippen LogP contribution in [0.5, 0.6) is 11.5 Å². The lowest BCUT2D eigenvalue weighted by molar-refractivity contribution is -0.121. The number of nitrogens with zero attached hydrogens (tertiary/aromatic N) is 3. The largest absolute Gasteiger partial charge is 0.493 e. The van der Waals surface area contributed by atoms with Gasteiger partial charge in [-0.05, 0) is 42.0 Å². The van der Waals surface area contributed by atoms with E-state index in [0.717, 1.165) is 11.1 Å². The molecule has 2 aromatic carbocycles. The third-order valence-corrected chi connectivity index (χ3v) is 5.05. The number of hydrogen-bond donors (Lipinski definition) is 0. The normalized spacial score (nSPS) is 11.7. The number of halogens is 1. The quantitative estimate of drug-likeness (QED) is 0.364. The molecule has 0 bridgehead atoms. The number of ether oxygens (including phenoxy) is 2. The Balaban J connectivity index is 2.13. The fourth-order valence-electron chi connectivity index (χ4n) is 3.32. The fourth-order valence-corrected chi connectivity index (χ4v) is 3.32. The van der Waals surface area contributed by atoms with Crippen LogP contribution in [0.25, 0.3) is 17.3 Å². The lowest BCUT2D eigenvalue weighted by Crippen LogP contribution is -2.21. The fraction of sp³-hybridized carbons (Fsp3) is 0.269. The molecule has 0 unspecified atom stereocenters. The Bertz CT molecular complexity index is 1230. The van der Waals surface area contributed by atoms with Crippen LogP contribution >= 0.6 is 0 Å². The molecule has 0 fully saturated rings. The first-order valence-electron chi connectivity index (χ1n) is 10.4. The van der Waals surface area contributed by atoms with Gasteiger partial charge >= 0.3 is 0 Å². The molecule has 170 valence electrons. The van der Waals surface area contributed by atoms with Gasteiger partial charge in [0.15, 0.2) is 17.3 Å². The van der Waals surface area contributed by atoms with Crippen molar-refractivity contribution in [3.05, 3.63) is 71.2 Å². The van der Waals surface area contributed by atoms with Gasteiger partial charge in [0, 0.05) is 22.7 Å². The molecule has 0 saturated heterocycles. The van der Waals surface area contributed by atoms with Crippen molar-refractivity contribution in [3.8, 4) is 28.8 Å². The molecule has 3 aromatic rings. The van der Waals surface area contributed by atoms with E-state index in [4.69, 9.17) is 14.6 Å². The van der Waals surface area contributed by atoms with Crippen LogP contribution in [0.2, 0.25) is 0 Å². The van der Waals surface area contributed by atoms with Crippen LogP contribution in [-0.4, -0.2) is 29.8 Å². The van der Waals surface area contributed by atoms with Gasteiger partial charge in [0.25, 0.3) is 0 Å². The average Bonchev–Trinajstić information content (AvgIpc) is 3.19. The second-order valence-corrected chi connectivity index (χ2v) is 8.58. The lowest BCUT2D eigenvalue weighted by atomic mass is 9.86. The Morgan fingerprint density at radius 1 is 1.12 bits per heavy atom. The molecular weight excluding hydrogens is 421 g/mol. The van der Waals surface area contributed by atoms with E-state index in [1.54, 1.807) is 76.2 Å². The van der Waals surface area contributed by atoms with Gasteiger partial charge in [-0.3, -0.25) is 9.48 Å². The SMILES string of the molecule is COc1ccc(-c2nn(Cc3ccc(F)cc3)cc2C=C(C#N)C(=O)C(C)(C)C)cc1OC. The minimum atomic E-state index is -0.699. The molecule has 0 amide bonds. The van der Waals surface area contributed by atoms with Gasteiger partial charge in [0.05, 0.1) is 32.0 Å². The zero-order valence-electron chi connectivity index (χ0n) is 19.3. The van der Waals surface area contributed by atoms with Crippen LogP contribution in [0.3, 0.4) is 0 Å². The molecule has 1 aromatic heterocycles. The van der Waals surface area contributed by atoms with Crippen LogP contribution in [-0.2, 0) is 11.3 Å². The number of aromatic nitrogens is 2. The maximum Gasteiger partial charge on any atom is 0.178 e. The number of carbonyl (C=O) groups excluding carboxylic acids is 1. The maximum atomic E-state index is 13.3. The second kappa shape index (κ2) is 9.70. The Kier molecular flexibility index (Phi) is 6.98. The second-order valence-electron chi connectivity index (χ2n) is 8.58. The number of hydrogen-bond acceptors (Lipinski definition) is 5. The highest BCUT2D eigenvalue weighted by Gasteiger charge is 2.26. The van der Waals surface area contributed by atoms with Crippen LogP contribution in [0, 0.1) is 22.6 Å². The molecule has 0 saturated carbocycles. The predicted molar refractivity (Wildman–Crippen MR) is 124 cm³/mol. The van der Waals surface area contributed by atoms with E-state index >= 15 is 0 Å². The van der Waals surface area contributed by atoms with Gasteiger partial charge in [-0.15, -0.1) is 0 Å². The molecule has 3 rings (SSSR count). The standard InChI is InChI=1S/C26H26FN3O3/c1-26(2,3)25(31)19(14-28)12-20-16-30(15-17-6-9-21(27)10-7-17)29-24(20)18-8-11-22(32-4)23(13-18)33-5/h6-13,16H,15H2,1-5H3. The third-order valence-electron chi connectivity index (χ3n) is 5.05. The molecule has 0 aliphatic carbocycles. The van der Waals surface area contributed by atoms with E-state index in [-0.39, 0.29) is 17.2 Å². The van der Waals surface area contributed by atoms with Crippen LogP contribution < -0.4 is 9.47 Å². The summed E-state index contributed by atoms with van der Waals surface area (Å²) in [6.07, 6.45) is 3.33. The molecule has 0 aliphatic heterocycles. The van der Waals surface area contributed by atoms with E-state index in [9.17, 15) is 14.4 Å². The first-order valence-corrected chi connectivity index (χ1v) is 10.4. The molecule has 0 spiro atoms. The number of Topliss-reactive ketones (excluding diaryl/α,β-unsaturated/α-hetero) is 1. The summed E-state index contributed by atoms with van der Waals surface area (Å²) in [7, 11) is 3.10. The monoisotopic (exact) mass is 447 g/mol. The van der Waals surface area contributed by atoms with Gasteiger partial charge < -0.3 is 9.47 Å². The Labute approximate surface area is 192 Å². The minimum Gasteiger partial charge on any atom is -0.493 e. The number of ketones is 1. The number of rotatable bonds is 7. The molecule has 0 aliphatic rings.